The lowest BCUT2D eigenvalue weighted by atomic mass is 10.2. The second-order valence-corrected chi connectivity index (χ2v) is 5.90. The molecule has 5 N–H and O–H groups in total. The summed E-state index contributed by atoms with van der Waals surface area (Å²) in [6.45, 7) is 1.66. The van der Waals surface area contributed by atoms with Gasteiger partial charge < -0.3 is 20.9 Å². The monoisotopic (exact) mass is 419 g/mol. The van der Waals surface area contributed by atoms with Crippen LogP contribution in [-0.4, -0.2) is 28.4 Å². The Hall–Kier alpha value is -3.79. The summed E-state index contributed by atoms with van der Waals surface area (Å²) in [5, 5.41) is 27.8. The molecule has 0 aliphatic rings. The molecular formula is C18H18ClN5O5. The number of nitrogens with zero attached hydrogens (tertiary/aromatic N) is 2. The van der Waals surface area contributed by atoms with E-state index in [1.54, 1.807) is 37.3 Å². The highest BCUT2D eigenvalue weighted by molar-refractivity contribution is 6.31. The van der Waals surface area contributed by atoms with Crippen LogP contribution in [0, 0.1) is 10.1 Å². The lowest BCUT2D eigenvalue weighted by Gasteiger charge is -2.11. The van der Waals surface area contributed by atoms with Gasteiger partial charge in [-0.25, -0.2) is 0 Å². The van der Waals surface area contributed by atoms with Gasteiger partial charge in [0.05, 0.1) is 11.5 Å². The molecule has 0 aliphatic carbocycles. The van der Waals surface area contributed by atoms with E-state index in [4.69, 9.17) is 22.1 Å². The summed E-state index contributed by atoms with van der Waals surface area (Å²) < 4.78 is 4.97. The molecule has 0 radical (unpaired) electrons. The van der Waals surface area contributed by atoms with E-state index in [1.165, 1.54) is 18.2 Å². The van der Waals surface area contributed by atoms with Crippen LogP contribution in [0.5, 0.6) is 0 Å². The van der Waals surface area contributed by atoms with Gasteiger partial charge in [0.15, 0.2) is 11.4 Å². The minimum atomic E-state index is -0.786. The molecule has 152 valence electrons. The Morgan fingerprint density at radius 3 is 2.62 bits per heavy atom. The standard InChI is InChI=1S/C18H18ClN5O5/c1-2-29-18(26)15(17(25)21-12-6-4-3-5-7-12)16(20)23-22-13-10-11(19)8-9-14(13)24(27)28/h3-10,22,26H,2H2,1H3,(H2,20,23)(H,21,25)/b18-15-. The molecule has 0 spiro atoms. The first-order valence-electron chi connectivity index (χ1n) is 8.29. The zero-order valence-corrected chi connectivity index (χ0v) is 16.0. The van der Waals surface area contributed by atoms with Crippen LogP contribution in [0.1, 0.15) is 6.92 Å². The van der Waals surface area contributed by atoms with Gasteiger partial charge in [-0.2, -0.15) is 5.10 Å². The molecule has 0 atom stereocenters. The number of ether oxygens (including phenoxy) is 1. The number of hydrazone groups is 1. The Bertz CT molecular complexity index is 962. The Labute approximate surface area is 170 Å². The summed E-state index contributed by atoms with van der Waals surface area (Å²) in [7, 11) is 0. The summed E-state index contributed by atoms with van der Waals surface area (Å²) in [6.07, 6.45) is 0. The van der Waals surface area contributed by atoms with Gasteiger partial charge in [-0.15, -0.1) is 0 Å². The van der Waals surface area contributed by atoms with Crippen molar-refractivity contribution in [3.63, 3.8) is 0 Å². The minimum Gasteiger partial charge on any atom is -0.480 e. The maximum atomic E-state index is 12.6. The molecule has 2 aromatic rings. The number of anilines is 2. The predicted octanol–water partition coefficient (Wildman–Crippen LogP) is 3.38. The third-order valence-electron chi connectivity index (χ3n) is 3.46. The SMILES string of the molecule is CCO/C(O)=C(C(=O)Nc1ccccc1)/C(N)=N/Nc1cc(Cl)ccc1[N+](=O)[O-]. The number of nitrogens with two attached hydrogens (primary N) is 1. The van der Waals surface area contributed by atoms with Crippen LogP contribution >= 0.6 is 11.6 Å². The molecular weight excluding hydrogens is 402 g/mol. The van der Waals surface area contributed by atoms with E-state index in [0.29, 0.717) is 5.69 Å². The topological polar surface area (TPSA) is 152 Å². The van der Waals surface area contributed by atoms with Crippen molar-refractivity contribution < 1.29 is 19.6 Å². The van der Waals surface area contributed by atoms with Crippen molar-refractivity contribution in [1.82, 2.24) is 0 Å². The molecule has 11 heteroatoms. The maximum Gasteiger partial charge on any atom is 0.294 e. The molecule has 0 aliphatic heterocycles. The summed E-state index contributed by atoms with van der Waals surface area (Å²) in [6, 6.07) is 12.2. The van der Waals surface area contributed by atoms with Crippen LogP contribution in [-0.2, 0) is 9.53 Å². The van der Waals surface area contributed by atoms with Crippen molar-refractivity contribution in [2.75, 3.05) is 17.3 Å². The fraction of sp³-hybridized carbons (Fsp3) is 0.111. The number of aliphatic hydroxyl groups excluding tert-OH is 1. The number of benzene rings is 2. The van der Waals surface area contributed by atoms with Crippen molar-refractivity contribution in [3.05, 3.63) is 75.2 Å². The number of para-hydroxylation sites is 1. The number of nitro benzene ring substituents is 1. The van der Waals surface area contributed by atoms with Gasteiger partial charge in [-0.3, -0.25) is 20.3 Å². The third-order valence-corrected chi connectivity index (χ3v) is 3.70. The number of nitrogens with one attached hydrogen (secondary N) is 2. The van der Waals surface area contributed by atoms with Gasteiger partial charge in [-0.05, 0) is 31.2 Å². The van der Waals surface area contributed by atoms with Crippen LogP contribution in [0.2, 0.25) is 5.02 Å². The number of amidine groups is 1. The Morgan fingerprint density at radius 1 is 1.31 bits per heavy atom. The van der Waals surface area contributed by atoms with Gasteiger partial charge in [0.1, 0.15) is 5.69 Å². The number of carbonyl (C=O) groups is 1. The van der Waals surface area contributed by atoms with E-state index >= 15 is 0 Å². The zero-order chi connectivity index (χ0) is 21.4. The smallest absolute Gasteiger partial charge is 0.294 e. The summed E-state index contributed by atoms with van der Waals surface area (Å²) in [5.41, 5.74) is 7.87. The predicted molar refractivity (Wildman–Crippen MR) is 110 cm³/mol. The molecule has 0 saturated heterocycles. The number of carbonyl (C=O) groups excluding carboxylic acids is 1. The first-order chi connectivity index (χ1) is 13.8. The summed E-state index contributed by atoms with van der Waals surface area (Å²) in [4.78, 5) is 23.1. The average Bonchev–Trinajstić information content (AvgIpc) is 2.67. The minimum absolute atomic E-state index is 0.0517. The molecule has 0 fully saturated rings. The van der Waals surface area contributed by atoms with Crippen molar-refractivity contribution in [2.24, 2.45) is 10.8 Å². The fourth-order valence-corrected chi connectivity index (χ4v) is 2.35. The highest BCUT2D eigenvalue weighted by Gasteiger charge is 2.22. The van der Waals surface area contributed by atoms with E-state index in [1.807, 2.05) is 0 Å². The number of hydrogen-bond donors (Lipinski definition) is 4. The molecule has 0 saturated carbocycles. The van der Waals surface area contributed by atoms with Gasteiger partial charge in [0, 0.05) is 16.8 Å². The van der Waals surface area contributed by atoms with Crippen LogP contribution < -0.4 is 16.5 Å². The van der Waals surface area contributed by atoms with E-state index in [2.05, 4.69) is 15.8 Å². The summed E-state index contributed by atoms with van der Waals surface area (Å²) >= 11 is 5.86. The second kappa shape index (κ2) is 9.95. The Morgan fingerprint density at radius 2 is 2.00 bits per heavy atom. The molecule has 0 heterocycles. The fourth-order valence-electron chi connectivity index (χ4n) is 2.18. The number of halogens is 1. The first kappa shape index (κ1) is 21.5. The number of rotatable bonds is 8. The van der Waals surface area contributed by atoms with Crippen molar-refractivity contribution in [3.8, 4) is 0 Å². The number of aliphatic hydroxyl groups is 1. The van der Waals surface area contributed by atoms with Crippen molar-refractivity contribution in [2.45, 2.75) is 6.92 Å². The molecule has 1 amide bonds. The second-order valence-electron chi connectivity index (χ2n) is 5.46. The molecule has 10 nitrogen and oxygen atoms in total. The normalized spacial score (nSPS) is 12.0. The number of hydrogen-bond acceptors (Lipinski definition) is 7. The molecule has 0 aromatic heterocycles. The van der Waals surface area contributed by atoms with Crippen LogP contribution in [0.4, 0.5) is 17.1 Å². The van der Waals surface area contributed by atoms with Gasteiger partial charge >= 0.3 is 0 Å². The number of nitro groups is 1. The Balaban J connectivity index is 2.34. The molecule has 2 aromatic carbocycles. The summed E-state index contributed by atoms with van der Waals surface area (Å²) in [5.74, 6) is -1.99. The molecule has 0 unspecified atom stereocenters. The number of amides is 1. The molecule has 0 bridgehead atoms. The van der Waals surface area contributed by atoms with Crippen LogP contribution in [0.3, 0.4) is 0 Å². The Kier molecular flexibility index (Phi) is 7.38. The molecule has 2 rings (SSSR count). The first-order valence-corrected chi connectivity index (χ1v) is 8.67. The highest BCUT2D eigenvalue weighted by Crippen LogP contribution is 2.27. The lowest BCUT2D eigenvalue weighted by Crippen LogP contribution is -2.29. The highest BCUT2D eigenvalue weighted by atomic mass is 35.5. The molecule has 29 heavy (non-hydrogen) atoms. The third kappa shape index (κ3) is 5.84. The van der Waals surface area contributed by atoms with Gasteiger partial charge in [0.25, 0.3) is 17.5 Å². The van der Waals surface area contributed by atoms with E-state index < -0.39 is 28.2 Å². The zero-order valence-electron chi connectivity index (χ0n) is 15.3. The van der Waals surface area contributed by atoms with Crippen LogP contribution in [0.15, 0.2) is 65.2 Å². The van der Waals surface area contributed by atoms with Crippen molar-refractivity contribution >= 4 is 40.4 Å². The average molecular weight is 420 g/mol. The van der Waals surface area contributed by atoms with Gasteiger partial charge in [0.2, 0.25) is 0 Å². The van der Waals surface area contributed by atoms with Crippen molar-refractivity contribution in [1.29, 1.82) is 0 Å². The quantitative estimate of drug-likeness (QED) is 0.128. The van der Waals surface area contributed by atoms with Gasteiger partial charge in [-0.1, -0.05) is 29.8 Å². The largest absolute Gasteiger partial charge is 0.480 e. The van der Waals surface area contributed by atoms with E-state index in [9.17, 15) is 20.0 Å². The maximum absolute atomic E-state index is 12.6. The van der Waals surface area contributed by atoms with E-state index in [0.717, 1.165) is 0 Å². The van der Waals surface area contributed by atoms with E-state index in [-0.39, 0.29) is 23.0 Å². The van der Waals surface area contributed by atoms with Crippen LogP contribution in [0.25, 0.3) is 0 Å². The lowest BCUT2D eigenvalue weighted by molar-refractivity contribution is -0.384.